The SMILES string of the molecule is COc1ccc(-c2ccccc2NCCCn2cnc(C)c2)cc1OC. The molecule has 3 aromatic rings. The van der Waals surface area contributed by atoms with E-state index in [1.165, 1.54) is 0 Å². The van der Waals surface area contributed by atoms with Crippen LogP contribution in [0.3, 0.4) is 0 Å². The van der Waals surface area contributed by atoms with Gasteiger partial charge in [-0.3, -0.25) is 0 Å². The molecule has 0 radical (unpaired) electrons. The van der Waals surface area contributed by atoms with E-state index < -0.39 is 0 Å². The minimum absolute atomic E-state index is 0.732. The third-order valence-electron chi connectivity index (χ3n) is 4.29. The molecule has 5 heteroatoms. The number of hydrogen-bond acceptors (Lipinski definition) is 4. The maximum Gasteiger partial charge on any atom is 0.161 e. The summed E-state index contributed by atoms with van der Waals surface area (Å²) in [5.41, 5.74) is 4.40. The van der Waals surface area contributed by atoms with Gasteiger partial charge in [0.25, 0.3) is 0 Å². The molecule has 0 atom stereocenters. The Bertz CT molecular complexity index is 858. The average Bonchev–Trinajstić information content (AvgIpc) is 3.10. The fraction of sp³-hybridized carbons (Fsp3) is 0.286. The summed E-state index contributed by atoms with van der Waals surface area (Å²) >= 11 is 0. The summed E-state index contributed by atoms with van der Waals surface area (Å²) < 4.78 is 12.9. The number of methoxy groups -OCH3 is 2. The number of nitrogens with zero attached hydrogens (tertiary/aromatic N) is 2. The van der Waals surface area contributed by atoms with E-state index in [-0.39, 0.29) is 0 Å². The number of nitrogens with one attached hydrogen (secondary N) is 1. The summed E-state index contributed by atoms with van der Waals surface area (Å²) in [6.45, 7) is 3.85. The van der Waals surface area contributed by atoms with E-state index in [9.17, 15) is 0 Å². The van der Waals surface area contributed by atoms with Crippen LogP contribution >= 0.6 is 0 Å². The number of aromatic nitrogens is 2. The first kappa shape index (κ1) is 17.9. The third-order valence-corrected chi connectivity index (χ3v) is 4.29. The summed E-state index contributed by atoms with van der Waals surface area (Å²) in [6, 6.07) is 14.3. The molecule has 0 fully saturated rings. The molecule has 1 aromatic heterocycles. The van der Waals surface area contributed by atoms with Gasteiger partial charge in [0.15, 0.2) is 11.5 Å². The molecule has 1 heterocycles. The molecule has 136 valence electrons. The quantitative estimate of drug-likeness (QED) is 0.612. The van der Waals surface area contributed by atoms with Crippen molar-refractivity contribution in [3.8, 4) is 22.6 Å². The van der Waals surface area contributed by atoms with Gasteiger partial charge in [0.05, 0.1) is 26.2 Å². The van der Waals surface area contributed by atoms with Crippen LogP contribution in [0.15, 0.2) is 55.0 Å². The fourth-order valence-corrected chi connectivity index (χ4v) is 2.97. The molecule has 5 nitrogen and oxygen atoms in total. The van der Waals surface area contributed by atoms with Gasteiger partial charge in [0.2, 0.25) is 0 Å². The van der Waals surface area contributed by atoms with Gasteiger partial charge >= 0.3 is 0 Å². The minimum atomic E-state index is 0.732. The maximum absolute atomic E-state index is 5.43. The molecule has 0 aliphatic heterocycles. The molecule has 2 aromatic carbocycles. The Kier molecular flexibility index (Phi) is 5.79. The number of anilines is 1. The van der Waals surface area contributed by atoms with E-state index >= 15 is 0 Å². The zero-order valence-electron chi connectivity index (χ0n) is 15.5. The molecule has 1 N–H and O–H groups in total. The highest BCUT2D eigenvalue weighted by atomic mass is 16.5. The largest absolute Gasteiger partial charge is 0.493 e. The Labute approximate surface area is 154 Å². The Morgan fingerprint density at radius 2 is 1.85 bits per heavy atom. The number of benzene rings is 2. The lowest BCUT2D eigenvalue weighted by Gasteiger charge is -2.14. The molecule has 26 heavy (non-hydrogen) atoms. The van der Waals surface area contributed by atoms with E-state index in [0.29, 0.717) is 0 Å². The summed E-state index contributed by atoms with van der Waals surface area (Å²) in [5.74, 6) is 1.47. The van der Waals surface area contributed by atoms with Crippen molar-refractivity contribution in [2.45, 2.75) is 19.9 Å². The number of hydrogen-bond donors (Lipinski definition) is 1. The molecule has 0 aliphatic rings. The highest BCUT2D eigenvalue weighted by Crippen LogP contribution is 2.35. The lowest BCUT2D eigenvalue weighted by molar-refractivity contribution is 0.355. The van der Waals surface area contributed by atoms with Crippen molar-refractivity contribution in [1.29, 1.82) is 0 Å². The molecule has 0 spiro atoms. The van der Waals surface area contributed by atoms with Crippen molar-refractivity contribution < 1.29 is 9.47 Å². The Morgan fingerprint density at radius 3 is 2.58 bits per heavy atom. The number of ether oxygens (including phenoxy) is 2. The highest BCUT2D eigenvalue weighted by molar-refractivity contribution is 5.79. The van der Waals surface area contributed by atoms with Crippen molar-refractivity contribution in [3.05, 3.63) is 60.7 Å². The van der Waals surface area contributed by atoms with Crippen LogP contribution in [0, 0.1) is 6.92 Å². The first-order valence-corrected chi connectivity index (χ1v) is 8.75. The molecular formula is C21H25N3O2. The van der Waals surface area contributed by atoms with Crippen LogP contribution in [0.5, 0.6) is 11.5 Å². The van der Waals surface area contributed by atoms with Crippen LogP contribution in [-0.4, -0.2) is 30.3 Å². The van der Waals surface area contributed by atoms with E-state index in [1.54, 1.807) is 14.2 Å². The average molecular weight is 351 g/mol. The molecule has 0 unspecified atom stereocenters. The normalized spacial score (nSPS) is 10.6. The van der Waals surface area contributed by atoms with Crippen molar-refractivity contribution in [3.63, 3.8) is 0 Å². The van der Waals surface area contributed by atoms with Gasteiger partial charge in [-0.05, 0) is 37.1 Å². The van der Waals surface area contributed by atoms with Gasteiger partial charge in [0, 0.05) is 30.5 Å². The van der Waals surface area contributed by atoms with Gasteiger partial charge in [-0.2, -0.15) is 0 Å². The van der Waals surface area contributed by atoms with Gasteiger partial charge in [-0.1, -0.05) is 24.3 Å². The number of imidazole rings is 1. The van der Waals surface area contributed by atoms with Crippen LogP contribution in [-0.2, 0) is 6.54 Å². The maximum atomic E-state index is 5.43. The molecule has 0 saturated carbocycles. The number of rotatable bonds is 8. The van der Waals surface area contributed by atoms with Crippen LogP contribution in [0.2, 0.25) is 0 Å². The van der Waals surface area contributed by atoms with Gasteiger partial charge in [-0.25, -0.2) is 4.98 Å². The number of aryl methyl sites for hydroxylation is 2. The van der Waals surface area contributed by atoms with Crippen LogP contribution in [0.25, 0.3) is 11.1 Å². The van der Waals surface area contributed by atoms with E-state index in [0.717, 1.165) is 53.5 Å². The minimum Gasteiger partial charge on any atom is -0.493 e. The molecule has 0 saturated heterocycles. The van der Waals surface area contributed by atoms with Crippen molar-refractivity contribution in [2.24, 2.45) is 0 Å². The predicted octanol–water partition coefficient (Wildman–Crippen LogP) is 4.38. The lowest BCUT2D eigenvalue weighted by atomic mass is 10.0. The topological polar surface area (TPSA) is 48.3 Å². The molecule has 0 amide bonds. The number of para-hydroxylation sites is 1. The zero-order chi connectivity index (χ0) is 18.4. The first-order valence-electron chi connectivity index (χ1n) is 8.75. The predicted molar refractivity (Wildman–Crippen MR) is 105 cm³/mol. The Hall–Kier alpha value is -2.95. The Morgan fingerprint density at radius 1 is 1.04 bits per heavy atom. The van der Waals surface area contributed by atoms with Gasteiger partial charge in [-0.15, -0.1) is 0 Å². The lowest BCUT2D eigenvalue weighted by Crippen LogP contribution is -2.06. The molecule has 0 aliphatic carbocycles. The third kappa shape index (κ3) is 4.17. The van der Waals surface area contributed by atoms with Gasteiger partial charge < -0.3 is 19.4 Å². The van der Waals surface area contributed by atoms with Gasteiger partial charge in [0.1, 0.15) is 0 Å². The monoisotopic (exact) mass is 351 g/mol. The summed E-state index contributed by atoms with van der Waals surface area (Å²) in [7, 11) is 3.30. The van der Waals surface area contributed by atoms with Crippen LogP contribution in [0.1, 0.15) is 12.1 Å². The fourth-order valence-electron chi connectivity index (χ4n) is 2.97. The van der Waals surface area contributed by atoms with Crippen molar-refractivity contribution >= 4 is 5.69 Å². The second-order valence-corrected chi connectivity index (χ2v) is 6.15. The van der Waals surface area contributed by atoms with E-state index in [1.807, 2.05) is 37.5 Å². The Balaban J connectivity index is 1.70. The van der Waals surface area contributed by atoms with E-state index in [4.69, 9.17) is 9.47 Å². The second-order valence-electron chi connectivity index (χ2n) is 6.15. The zero-order valence-corrected chi connectivity index (χ0v) is 15.5. The van der Waals surface area contributed by atoms with Crippen LogP contribution < -0.4 is 14.8 Å². The molecule has 3 rings (SSSR count). The van der Waals surface area contributed by atoms with Crippen LogP contribution in [0.4, 0.5) is 5.69 Å². The standard InChI is InChI=1S/C21H25N3O2/c1-16-14-24(15-23-16)12-6-11-22-19-8-5-4-7-18(19)17-9-10-20(25-2)21(13-17)26-3/h4-5,7-10,13-15,22H,6,11-12H2,1-3H3. The summed E-state index contributed by atoms with van der Waals surface area (Å²) in [6.07, 6.45) is 4.97. The smallest absolute Gasteiger partial charge is 0.161 e. The van der Waals surface area contributed by atoms with E-state index in [2.05, 4.69) is 39.3 Å². The summed E-state index contributed by atoms with van der Waals surface area (Å²) in [4.78, 5) is 4.26. The first-order chi connectivity index (χ1) is 12.7. The molecule has 0 bridgehead atoms. The second kappa shape index (κ2) is 8.43. The summed E-state index contributed by atoms with van der Waals surface area (Å²) in [5, 5.41) is 3.55. The van der Waals surface area contributed by atoms with Crippen molar-refractivity contribution in [2.75, 3.05) is 26.1 Å². The van der Waals surface area contributed by atoms with Crippen molar-refractivity contribution in [1.82, 2.24) is 9.55 Å². The highest BCUT2D eigenvalue weighted by Gasteiger charge is 2.09. The molecular weight excluding hydrogens is 326 g/mol.